The highest BCUT2D eigenvalue weighted by Gasteiger charge is 2.24. The molecule has 0 saturated carbocycles. The molecule has 0 aliphatic carbocycles. The molecule has 2 rings (SSSR count). The first kappa shape index (κ1) is 21.7. The highest BCUT2D eigenvalue weighted by atomic mass is 16.7. The third-order valence-electron chi connectivity index (χ3n) is 5.01. The Balaban J connectivity index is 1.74. The predicted octanol–water partition coefficient (Wildman–Crippen LogP) is 1.75. The standard InChI is InChI=1S/C19H35N5O3/c1-5-24-13-17(14-27-24)22-19(25)21-16(3)15(2)18(20-4)26-12-8-11-23-9-6-7-10-23/h17H,5-14H2,1-4H3,(H2,21,22,25)/b16-15+,20-18?/t17-/m1/s1. The molecule has 0 unspecified atom stereocenters. The van der Waals surface area contributed by atoms with E-state index in [1.807, 2.05) is 25.8 Å². The van der Waals surface area contributed by atoms with E-state index in [1.165, 1.54) is 25.9 Å². The Hall–Kier alpha value is -1.64. The average molecular weight is 382 g/mol. The van der Waals surface area contributed by atoms with Gasteiger partial charge in [-0.2, -0.15) is 5.06 Å². The van der Waals surface area contributed by atoms with Crippen molar-refractivity contribution >= 4 is 11.9 Å². The molecule has 0 spiro atoms. The number of likely N-dealkylation sites (N-methyl/N-ethyl adjacent to an activating group) is 1. The summed E-state index contributed by atoms with van der Waals surface area (Å²) in [5.41, 5.74) is 1.57. The van der Waals surface area contributed by atoms with Crippen molar-refractivity contribution in [2.75, 3.05) is 53.0 Å². The summed E-state index contributed by atoms with van der Waals surface area (Å²) in [6, 6.07) is -0.234. The molecule has 8 heteroatoms. The highest BCUT2D eigenvalue weighted by molar-refractivity contribution is 5.94. The molecule has 2 saturated heterocycles. The molecular formula is C19H35N5O3. The molecule has 27 heavy (non-hydrogen) atoms. The predicted molar refractivity (Wildman–Crippen MR) is 107 cm³/mol. The van der Waals surface area contributed by atoms with E-state index >= 15 is 0 Å². The summed E-state index contributed by atoms with van der Waals surface area (Å²) in [7, 11) is 1.71. The van der Waals surface area contributed by atoms with E-state index in [9.17, 15) is 4.79 Å². The van der Waals surface area contributed by atoms with Gasteiger partial charge < -0.3 is 20.3 Å². The number of hydrogen-bond acceptors (Lipinski definition) is 6. The van der Waals surface area contributed by atoms with Crippen molar-refractivity contribution < 1.29 is 14.4 Å². The fourth-order valence-corrected chi connectivity index (χ4v) is 3.30. The molecule has 1 atom stereocenters. The van der Waals surface area contributed by atoms with Crippen molar-refractivity contribution in [1.29, 1.82) is 0 Å². The molecule has 0 bridgehead atoms. The van der Waals surface area contributed by atoms with Gasteiger partial charge in [0, 0.05) is 38.0 Å². The number of amides is 2. The zero-order valence-electron chi connectivity index (χ0n) is 17.2. The van der Waals surface area contributed by atoms with Gasteiger partial charge in [-0.25, -0.2) is 4.79 Å². The Morgan fingerprint density at radius 1 is 1.30 bits per heavy atom. The lowest BCUT2D eigenvalue weighted by molar-refractivity contribution is -0.105. The van der Waals surface area contributed by atoms with Gasteiger partial charge in [0.2, 0.25) is 5.90 Å². The molecule has 0 aromatic heterocycles. The van der Waals surface area contributed by atoms with E-state index < -0.39 is 0 Å². The van der Waals surface area contributed by atoms with Crippen LogP contribution < -0.4 is 10.6 Å². The number of likely N-dealkylation sites (tertiary alicyclic amines) is 1. The number of rotatable bonds is 8. The summed E-state index contributed by atoms with van der Waals surface area (Å²) in [4.78, 5) is 24.4. The number of allylic oxidation sites excluding steroid dienone is 1. The molecule has 8 nitrogen and oxygen atoms in total. The van der Waals surface area contributed by atoms with E-state index in [-0.39, 0.29) is 12.1 Å². The van der Waals surface area contributed by atoms with Gasteiger partial charge in [0.15, 0.2) is 0 Å². The van der Waals surface area contributed by atoms with Crippen LogP contribution in [0.25, 0.3) is 0 Å². The van der Waals surface area contributed by atoms with Gasteiger partial charge in [-0.3, -0.25) is 9.83 Å². The second-order valence-electron chi connectivity index (χ2n) is 7.10. The van der Waals surface area contributed by atoms with Crippen LogP contribution in [0.2, 0.25) is 0 Å². The van der Waals surface area contributed by atoms with Crippen LogP contribution in [0.1, 0.15) is 40.0 Å². The van der Waals surface area contributed by atoms with Crippen LogP contribution in [0.4, 0.5) is 4.79 Å². The summed E-state index contributed by atoms with van der Waals surface area (Å²) >= 11 is 0. The molecular weight excluding hydrogens is 346 g/mol. The van der Waals surface area contributed by atoms with Crippen LogP contribution >= 0.6 is 0 Å². The Morgan fingerprint density at radius 3 is 2.67 bits per heavy atom. The van der Waals surface area contributed by atoms with E-state index in [0.29, 0.717) is 25.7 Å². The lowest BCUT2D eigenvalue weighted by Gasteiger charge is -2.17. The molecule has 2 N–H and O–H groups in total. The van der Waals surface area contributed by atoms with Crippen molar-refractivity contribution in [1.82, 2.24) is 20.6 Å². The van der Waals surface area contributed by atoms with Crippen molar-refractivity contribution in [3.05, 3.63) is 11.3 Å². The van der Waals surface area contributed by atoms with Crippen molar-refractivity contribution in [2.24, 2.45) is 4.99 Å². The molecule has 0 aromatic carbocycles. The number of ether oxygens (including phenoxy) is 1. The fourth-order valence-electron chi connectivity index (χ4n) is 3.30. The molecule has 2 aliphatic heterocycles. The van der Waals surface area contributed by atoms with Gasteiger partial charge in [0.05, 0.1) is 19.3 Å². The van der Waals surface area contributed by atoms with Crippen molar-refractivity contribution in [3.63, 3.8) is 0 Å². The lowest BCUT2D eigenvalue weighted by Crippen LogP contribution is -2.44. The molecule has 154 valence electrons. The summed E-state index contributed by atoms with van der Waals surface area (Å²) in [5.74, 6) is 0.579. The SMILES string of the molecule is CCN1C[C@@H](NC(=O)N/C(C)=C(\C)C(=NC)OCCCN2CCCC2)CO1. The molecule has 0 aromatic rings. The minimum atomic E-state index is -0.233. The van der Waals surface area contributed by atoms with Crippen LogP contribution in [-0.2, 0) is 9.57 Å². The molecule has 2 amide bonds. The number of urea groups is 1. The van der Waals surface area contributed by atoms with Crippen LogP contribution in [0.5, 0.6) is 0 Å². The maximum absolute atomic E-state index is 12.2. The van der Waals surface area contributed by atoms with Gasteiger partial charge in [-0.1, -0.05) is 6.92 Å². The number of nitrogens with one attached hydrogen (secondary N) is 2. The van der Waals surface area contributed by atoms with Crippen molar-refractivity contribution in [2.45, 2.75) is 46.1 Å². The number of nitrogens with zero attached hydrogens (tertiary/aromatic N) is 3. The Labute approximate surface area is 162 Å². The molecule has 2 aliphatic rings. The van der Waals surface area contributed by atoms with Gasteiger partial charge in [0.1, 0.15) is 0 Å². The Bertz CT molecular complexity index is 543. The zero-order valence-corrected chi connectivity index (χ0v) is 17.2. The van der Waals surface area contributed by atoms with E-state index in [2.05, 4.69) is 20.5 Å². The quantitative estimate of drug-likeness (QED) is 0.380. The molecule has 2 heterocycles. The van der Waals surface area contributed by atoms with Gasteiger partial charge in [-0.05, 0) is 46.2 Å². The average Bonchev–Trinajstić information content (AvgIpc) is 3.32. The zero-order chi connectivity index (χ0) is 19.6. The summed E-state index contributed by atoms with van der Waals surface area (Å²) in [5, 5.41) is 7.65. The van der Waals surface area contributed by atoms with Crippen LogP contribution in [-0.4, -0.2) is 80.9 Å². The number of hydroxylamine groups is 2. The van der Waals surface area contributed by atoms with E-state index in [1.54, 1.807) is 7.05 Å². The maximum Gasteiger partial charge on any atom is 0.319 e. The second-order valence-corrected chi connectivity index (χ2v) is 7.10. The first-order valence-electron chi connectivity index (χ1n) is 9.98. The summed E-state index contributed by atoms with van der Waals surface area (Å²) in [6.07, 6.45) is 3.59. The third kappa shape index (κ3) is 7.12. The highest BCUT2D eigenvalue weighted by Crippen LogP contribution is 2.09. The second kappa shape index (κ2) is 11.3. The van der Waals surface area contributed by atoms with Crippen LogP contribution in [0.15, 0.2) is 16.3 Å². The minimum Gasteiger partial charge on any atom is -0.478 e. The summed E-state index contributed by atoms with van der Waals surface area (Å²) in [6.45, 7) is 11.9. The Kier molecular flexibility index (Phi) is 9.03. The smallest absolute Gasteiger partial charge is 0.319 e. The van der Waals surface area contributed by atoms with Gasteiger partial charge in [0.25, 0.3) is 0 Å². The largest absolute Gasteiger partial charge is 0.478 e. The normalized spacial score (nSPS) is 22.7. The monoisotopic (exact) mass is 381 g/mol. The first-order chi connectivity index (χ1) is 13.0. The third-order valence-corrected chi connectivity index (χ3v) is 5.01. The number of hydrogen-bond donors (Lipinski definition) is 2. The van der Waals surface area contributed by atoms with Gasteiger partial charge in [-0.15, -0.1) is 0 Å². The Morgan fingerprint density at radius 2 is 2.04 bits per heavy atom. The van der Waals surface area contributed by atoms with Crippen LogP contribution in [0, 0.1) is 0 Å². The van der Waals surface area contributed by atoms with Crippen molar-refractivity contribution in [3.8, 4) is 0 Å². The minimum absolute atomic E-state index is 0.000735. The number of carbonyl (C=O) groups excluding carboxylic acids is 1. The van der Waals surface area contributed by atoms with Crippen LogP contribution in [0.3, 0.4) is 0 Å². The molecule has 0 radical (unpaired) electrons. The van der Waals surface area contributed by atoms with Gasteiger partial charge >= 0.3 is 6.03 Å². The number of aliphatic imine (C=N–C) groups is 1. The molecule has 2 fully saturated rings. The van der Waals surface area contributed by atoms with E-state index in [4.69, 9.17) is 9.57 Å². The summed E-state index contributed by atoms with van der Waals surface area (Å²) < 4.78 is 5.84. The van der Waals surface area contributed by atoms with E-state index in [0.717, 1.165) is 30.8 Å². The first-order valence-corrected chi connectivity index (χ1v) is 9.98. The maximum atomic E-state index is 12.2. The number of carbonyl (C=O) groups is 1. The topological polar surface area (TPSA) is 78.4 Å². The lowest BCUT2D eigenvalue weighted by atomic mass is 10.2. The fraction of sp³-hybridized carbons (Fsp3) is 0.789.